The zero-order chi connectivity index (χ0) is 23.5. The Morgan fingerprint density at radius 2 is 0.867 bits per heavy atom. The van der Waals surface area contributed by atoms with Crippen molar-refractivity contribution in [3.8, 4) is 0 Å². The maximum absolute atomic E-state index is 12.2. The average molecular weight is 479 g/mol. The highest BCUT2D eigenvalue weighted by Gasteiger charge is 2.31. The molecule has 0 aromatic carbocycles. The third-order valence-electron chi connectivity index (χ3n) is 5.91. The minimum Gasteiger partial charge on any atom is -0.438 e. The van der Waals surface area contributed by atoms with Crippen molar-refractivity contribution in [2.75, 3.05) is 12.5 Å². The summed E-state index contributed by atoms with van der Waals surface area (Å²) in [7, 11) is -7.04. The number of carbonyl (C=O) groups excluding carboxylic acids is 1. The first-order chi connectivity index (χ1) is 13.9. The predicted octanol–water partition coefficient (Wildman–Crippen LogP) is 6.88. The van der Waals surface area contributed by atoms with Crippen LogP contribution in [0.1, 0.15) is 0 Å². The van der Waals surface area contributed by atoms with E-state index in [1.54, 1.807) is 0 Å². The molecule has 0 aliphatic rings. The van der Waals surface area contributed by atoms with E-state index < -0.39 is 38.5 Å². The second-order valence-corrected chi connectivity index (χ2v) is 27.7. The van der Waals surface area contributed by atoms with E-state index in [-0.39, 0.29) is 0 Å². The van der Waals surface area contributed by atoms with Crippen LogP contribution in [0.2, 0.25) is 50.4 Å². The summed E-state index contributed by atoms with van der Waals surface area (Å²) in [5.41, 5.74) is 12.1. The highest BCUT2D eigenvalue weighted by atomic mass is 28.3. The van der Waals surface area contributed by atoms with Crippen molar-refractivity contribution in [3.63, 3.8) is 0 Å². The second-order valence-electron chi connectivity index (χ2n) is 9.61. The number of carbonyl (C=O) groups is 1. The molecule has 0 rings (SSSR count). The van der Waals surface area contributed by atoms with E-state index in [0.29, 0.717) is 12.5 Å². The average Bonchev–Trinajstić information content (AvgIpc) is 2.74. The highest BCUT2D eigenvalue weighted by Crippen LogP contribution is 2.24. The molecule has 7 heteroatoms. The van der Waals surface area contributed by atoms with Gasteiger partial charge in [-0.05, 0) is 12.1 Å². The topological polar surface area (TPSA) is 35.5 Å². The molecule has 3 nitrogen and oxygen atoms in total. The van der Waals surface area contributed by atoms with Crippen LogP contribution in [-0.2, 0) is 9.47 Å². The Morgan fingerprint density at radius 1 is 0.600 bits per heavy atom. The Bertz CT molecular complexity index is 555. The molecule has 0 unspecified atom stereocenters. The lowest BCUT2D eigenvalue weighted by atomic mass is 10.9. The number of ether oxygens (including phenoxy) is 2. The van der Waals surface area contributed by atoms with Crippen LogP contribution in [0.4, 0.5) is 4.79 Å². The van der Waals surface area contributed by atoms with Gasteiger partial charge in [0.1, 0.15) is 16.1 Å². The lowest BCUT2D eigenvalue weighted by Crippen LogP contribution is -2.40. The largest absolute Gasteiger partial charge is 0.507 e. The first kappa shape index (κ1) is 28.6. The van der Waals surface area contributed by atoms with Gasteiger partial charge in [0, 0.05) is 0 Å². The molecule has 0 spiro atoms. The van der Waals surface area contributed by atoms with Crippen LogP contribution >= 0.6 is 0 Å². The fraction of sp³-hybridized carbons (Fsp3) is 0.435. The van der Waals surface area contributed by atoms with Gasteiger partial charge in [-0.1, -0.05) is 72.5 Å². The first-order valence-corrected chi connectivity index (χ1v) is 22.2. The summed E-state index contributed by atoms with van der Waals surface area (Å²) < 4.78 is 11.0. The van der Waals surface area contributed by atoms with Gasteiger partial charge in [0.2, 0.25) is 0 Å². The van der Waals surface area contributed by atoms with Crippen LogP contribution in [-0.4, -0.2) is 50.9 Å². The number of hydrogen-bond donors (Lipinski definition) is 0. The van der Waals surface area contributed by atoms with Gasteiger partial charge in [-0.25, -0.2) is 4.79 Å². The van der Waals surface area contributed by atoms with Gasteiger partial charge < -0.3 is 9.47 Å². The maximum Gasteiger partial charge on any atom is 0.507 e. The van der Waals surface area contributed by atoms with Crippen molar-refractivity contribution in [2.24, 2.45) is 0 Å². The monoisotopic (exact) mass is 478 g/mol. The van der Waals surface area contributed by atoms with Crippen molar-refractivity contribution < 1.29 is 14.3 Å². The molecule has 30 heavy (non-hydrogen) atoms. The van der Waals surface area contributed by atoms with E-state index in [4.69, 9.17) is 9.47 Å². The second kappa shape index (κ2) is 12.4. The summed E-state index contributed by atoms with van der Waals surface area (Å²) in [6.45, 7) is 32.7. The lowest BCUT2D eigenvalue weighted by molar-refractivity contribution is 0.0777. The SMILES string of the molecule is C=C[Si](C=C)(C=C)CC[Si](C)(C)COC(=O)OC[Si](C)(C)CC[Si](C=C)(C=C)C=C. The molecule has 0 heterocycles. The zero-order valence-electron chi connectivity index (χ0n) is 19.7. The Balaban J connectivity index is 4.58. The third-order valence-corrected chi connectivity index (χ3v) is 18.8. The normalized spacial score (nSPS) is 12.4. The van der Waals surface area contributed by atoms with Gasteiger partial charge in [0.25, 0.3) is 0 Å². The van der Waals surface area contributed by atoms with Crippen molar-refractivity contribution in [1.82, 2.24) is 0 Å². The van der Waals surface area contributed by atoms with E-state index >= 15 is 0 Å². The molecule has 168 valence electrons. The first-order valence-electron chi connectivity index (χ1n) is 10.5. The lowest BCUT2D eigenvalue weighted by Gasteiger charge is -2.28. The molecule has 0 saturated heterocycles. The van der Waals surface area contributed by atoms with E-state index in [9.17, 15) is 4.79 Å². The van der Waals surface area contributed by atoms with Crippen molar-refractivity contribution in [2.45, 2.75) is 50.4 Å². The van der Waals surface area contributed by atoms with E-state index in [0.717, 1.165) is 24.2 Å². The van der Waals surface area contributed by atoms with Crippen LogP contribution in [0.15, 0.2) is 73.7 Å². The van der Waals surface area contributed by atoms with E-state index in [2.05, 4.69) is 65.7 Å². The molecule has 0 aromatic rings. The summed E-state index contributed by atoms with van der Waals surface area (Å²) in [6.07, 6.45) is 0.377. The van der Waals surface area contributed by atoms with Crippen LogP contribution in [0.25, 0.3) is 0 Å². The van der Waals surface area contributed by atoms with Crippen molar-refractivity contribution in [1.29, 1.82) is 0 Å². The summed E-state index contributed by atoms with van der Waals surface area (Å²) in [5, 5.41) is 0. The fourth-order valence-electron chi connectivity index (χ4n) is 2.92. The minimum atomic E-state index is -1.82. The molecule has 0 N–H and O–H groups in total. The molecule has 0 aliphatic carbocycles. The molecule has 0 aliphatic heterocycles. The summed E-state index contributed by atoms with van der Waals surface area (Å²) in [5.74, 6) is 0. The number of rotatable bonds is 16. The Hall–Kier alpha value is -1.42. The maximum atomic E-state index is 12.2. The quantitative estimate of drug-likeness (QED) is 0.179. The fourth-order valence-corrected chi connectivity index (χ4v) is 15.3. The number of hydrogen-bond acceptors (Lipinski definition) is 3. The zero-order valence-corrected chi connectivity index (χ0v) is 23.7. The molecule has 0 radical (unpaired) electrons. The highest BCUT2D eigenvalue weighted by molar-refractivity contribution is 6.95. The van der Waals surface area contributed by atoms with Gasteiger partial charge in [-0.3, -0.25) is 0 Å². The van der Waals surface area contributed by atoms with Crippen LogP contribution in [0.5, 0.6) is 0 Å². The standard InChI is InChI=1S/C23H42O3Si4/c1-11-29(12-2,13-3)19-17-27(7,8)21-25-23(24)26-22-28(9,10)18-20-30(14-4,15-5)16-6/h11-16H,1-6,17-22H2,7-10H3. The molecular formula is C23H42O3Si4. The van der Waals surface area contributed by atoms with Crippen molar-refractivity contribution >= 4 is 38.5 Å². The smallest absolute Gasteiger partial charge is 0.438 e. The Morgan fingerprint density at radius 3 is 1.10 bits per heavy atom. The van der Waals surface area contributed by atoms with Gasteiger partial charge in [0.15, 0.2) is 0 Å². The van der Waals surface area contributed by atoms with E-state index in [1.165, 1.54) is 0 Å². The molecular weight excluding hydrogens is 437 g/mol. The molecule has 0 fully saturated rings. The van der Waals surface area contributed by atoms with Gasteiger partial charge in [-0.15, -0.1) is 39.5 Å². The predicted molar refractivity (Wildman–Crippen MR) is 144 cm³/mol. The minimum absolute atomic E-state index is 0.461. The molecule has 0 amide bonds. The molecule has 0 bridgehead atoms. The van der Waals surface area contributed by atoms with Gasteiger partial charge in [-0.2, -0.15) is 0 Å². The molecule has 0 atom stereocenters. The molecule has 0 aromatic heterocycles. The van der Waals surface area contributed by atoms with Crippen LogP contribution < -0.4 is 0 Å². The Kier molecular flexibility index (Phi) is 11.8. The Labute approximate surface area is 189 Å². The van der Waals surface area contributed by atoms with E-state index in [1.807, 2.05) is 34.2 Å². The molecule has 0 saturated carbocycles. The van der Waals surface area contributed by atoms with Crippen molar-refractivity contribution in [3.05, 3.63) is 73.7 Å². The summed E-state index contributed by atoms with van der Waals surface area (Å²) >= 11 is 0. The van der Waals surface area contributed by atoms with Gasteiger partial charge >= 0.3 is 6.16 Å². The van der Waals surface area contributed by atoms with Crippen LogP contribution in [0.3, 0.4) is 0 Å². The summed E-state index contributed by atoms with van der Waals surface area (Å²) in [6, 6.07) is 4.10. The summed E-state index contributed by atoms with van der Waals surface area (Å²) in [4.78, 5) is 12.2. The third kappa shape index (κ3) is 9.59. The van der Waals surface area contributed by atoms with Gasteiger partial charge in [0.05, 0.1) is 28.6 Å². The van der Waals surface area contributed by atoms with Crippen LogP contribution in [0, 0.1) is 0 Å².